The summed E-state index contributed by atoms with van der Waals surface area (Å²) in [6.07, 6.45) is 2.47. The Balaban J connectivity index is 1.33. The summed E-state index contributed by atoms with van der Waals surface area (Å²) in [5.74, 6) is 1.57. The quantitative estimate of drug-likeness (QED) is 0.560. The van der Waals surface area contributed by atoms with Crippen molar-refractivity contribution in [1.82, 2.24) is 15.3 Å². The number of carbonyl (C=O) groups excluding carboxylic acids is 1. The molecule has 1 aliphatic heterocycles. The number of halogens is 1. The van der Waals surface area contributed by atoms with Crippen LogP contribution in [0.25, 0.3) is 0 Å². The standard InChI is InChI=1S/C22H23FN6O2/c1-31-19-4-2-3-17(13-19)26-22(30)27-18-10-12-29(14-18)20-9-11-24-21(28-20)25-16-7-5-15(23)6-8-16/h2-9,11,13,18H,10,12,14H2,1H3,(H,24,25,28)(H2,26,27,30). The van der Waals surface area contributed by atoms with Gasteiger partial charge < -0.3 is 25.6 Å². The fourth-order valence-electron chi connectivity index (χ4n) is 3.39. The third kappa shape index (κ3) is 5.39. The number of nitrogens with one attached hydrogen (secondary N) is 3. The molecule has 0 aliphatic carbocycles. The van der Waals surface area contributed by atoms with Crippen LogP contribution >= 0.6 is 0 Å². The fraction of sp³-hybridized carbons (Fsp3) is 0.227. The molecule has 0 saturated carbocycles. The summed E-state index contributed by atoms with van der Waals surface area (Å²) >= 11 is 0. The van der Waals surface area contributed by atoms with Crippen LogP contribution in [0, 0.1) is 5.82 Å². The monoisotopic (exact) mass is 422 g/mol. The van der Waals surface area contributed by atoms with Gasteiger partial charge >= 0.3 is 6.03 Å². The van der Waals surface area contributed by atoms with E-state index in [1.807, 2.05) is 18.2 Å². The second-order valence-electron chi connectivity index (χ2n) is 7.13. The van der Waals surface area contributed by atoms with Crippen LogP contribution in [0.3, 0.4) is 0 Å². The molecule has 2 amide bonds. The molecular formula is C22H23FN6O2. The normalized spacial score (nSPS) is 15.4. The van der Waals surface area contributed by atoms with Crippen molar-refractivity contribution in [2.45, 2.75) is 12.5 Å². The summed E-state index contributed by atoms with van der Waals surface area (Å²) in [4.78, 5) is 23.2. The molecule has 1 aliphatic rings. The van der Waals surface area contributed by atoms with Crippen LogP contribution in [0.15, 0.2) is 60.8 Å². The van der Waals surface area contributed by atoms with Crippen LogP contribution in [-0.2, 0) is 0 Å². The van der Waals surface area contributed by atoms with Crippen molar-refractivity contribution in [2.75, 3.05) is 35.7 Å². The van der Waals surface area contributed by atoms with E-state index in [1.165, 1.54) is 12.1 Å². The molecule has 2 heterocycles. The average Bonchev–Trinajstić information content (AvgIpc) is 3.24. The van der Waals surface area contributed by atoms with Gasteiger partial charge in [-0.2, -0.15) is 4.98 Å². The van der Waals surface area contributed by atoms with Crippen LogP contribution in [0.2, 0.25) is 0 Å². The van der Waals surface area contributed by atoms with Gasteiger partial charge in [0.2, 0.25) is 5.95 Å². The first-order chi connectivity index (χ1) is 15.1. The third-order valence-electron chi connectivity index (χ3n) is 4.92. The van der Waals surface area contributed by atoms with Gasteiger partial charge in [0.1, 0.15) is 17.4 Å². The highest BCUT2D eigenvalue weighted by atomic mass is 19.1. The highest BCUT2D eigenvalue weighted by Gasteiger charge is 2.25. The van der Waals surface area contributed by atoms with E-state index < -0.39 is 0 Å². The van der Waals surface area contributed by atoms with Crippen LogP contribution in [0.1, 0.15) is 6.42 Å². The molecule has 160 valence electrons. The number of ether oxygens (including phenoxy) is 1. The van der Waals surface area contributed by atoms with Crippen molar-refractivity contribution in [1.29, 1.82) is 0 Å². The molecule has 1 atom stereocenters. The van der Waals surface area contributed by atoms with E-state index in [4.69, 9.17) is 4.74 Å². The number of aromatic nitrogens is 2. The predicted molar refractivity (Wildman–Crippen MR) is 117 cm³/mol. The Morgan fingerprint density at radius 3 is 2.81 bits per heavy atom. The van der Waals surface area contributed by atoms with Gasteiger partial charge in [0, 0.05) is 42.8 Å². The molecule has 9 heteroatoms. The summed E-state index contributed by atoms with van der Waals surface area (Å²) in [6, 6.07) is 14.8. The van der Waals surface area contributed by atoms with E-state index >= 15 is 0 Å². The van der Waals surface area contributed by atoms with E-state index in [9.17, 15) is 9.18 Å². The lowest BCUT2D eigenvalue weighted by Gasteiger charge is -2.19. The zero-order valence-corrected chi connectivity index (χ0v) is 17.0. The Kier molecular flexibility index (Phi) is 6.11. The summed E-state index contributed by atoms with van der Waals surface area (Å²) in [5.41, 5.74) is 1.37. The molecule has 1 saturated heterocycles. The summed E-state index contributed by atoms with van der Waals surface area (Å²) in [7, 11) is 1.58. The average molecular weight is 422 g/mol. The van der Waals surface area contributed by atoms with Crippen LogP contribution in [0.4, 0.5) is 32.3 Å². The lowest BCUT2D eigenvalue weighted by Crippen LogP contribution is -2.39. The van der Waals surface area contributed by atoms with Gasteiger partial charge in [-0.05, 0) is 48.9 Å². The van der Waals surface area contributed by atoms with Crippen LogP contribution in [0.5, 0.6) is 5.75 Å². The summed E-state index contributed by atoms with van der Waals surface area (Å²) < 4.78 is 18.2. The molecule has 4 rings (SSSR count). The minimum Gasteiger partial charge on any atom is -0.497 e. The minimum atomic E-state index is -0.300. The van der Waals surface area contributed by atoms with Gasteiger partial charge in [0.05, 0.1) is 7.11 Å². The second-order valence-corrected chi connectivity index (χ2v) is 7.13. The number of anilines is 4. The number of urea groups is 1. The van der Waals surface area contributed by atoms with Crippen molar-refractivity contribution in [2.24, 2.45) is 0 Å². The van der Waals surface area contributed by atoms with Gasteiger partial charge in [-0.15, -0.1) is 0 Å². The summed E-state index contributed by atoms with van der Waals surface area (Å²) in [5, 5.41) is 8.89. The van der Waals surface area contributed by atoms with E-state index in [-0.39, 0.29) is 17.9 Å². The number of amides is 2. The molecule has 1 fully saturated rings. The van der Waals surface area contributed by atoms with Gasteiger partial charge in [-0.25, -0.2) is 14.2 Å². The summed E-state index contributed by atoms with van der Waals surface area (Å²) in [6.45, 7) is 1.40. The highest BCUT2D eigenvalue weighted by molar-refractivity contribution is 5.89. The molecule has 0 radical (unpaired) electrons. The van der Waals surface area contributed by atoms with E-state index in [1.54, 1.807) is 37.6 Å². The Labute approximate surface area is 179 Å². The third-order valence-corrected chi connectivity index (χ3v) is 4.92. The highest BCUT2D eigenvalue weighted by Crippen LogP contribution is 2.21. The van der Waals surface area contributed by atoms with E-state index in [0.717, 1.165) is 18.8 Å². The van der Waals surface area contributed by atoms with E-state index in [2.05, 4.69) is 30.8 Å². The van der Waals surface area contributed by atoms with Crippen molar-refractivity contribution in [3.8, 4) is 5.75 Å². The number of benzene rings is 2. The van der Waals surface area contributed by atoms with Crippen molar-refractivity contribution < 1.29 is 13.9 Å². The number of nitrogens with zero attached hydrogens (tertiary/aromatic N) is 3. The largest absolute Gasteiger partial charge is 0.497 e. The van der Waals surface area contributed by atoms with Crippen LogP contribution < -0.4 is 25.6 Å². The Morgan fingerprint density at radius 1 is 1.16 bits per heavy atom. The smallest absolute Gasteiger partial charge is 0.319 e. The second kappa shape index (κ2) is 9.29. The molecule has 3 N–H and O–H groups in total. The maximum absolute atomic E-state index is 13.1. The van der Waals surface area contributed by atoms with Crippen molar-refractivity contribution in [3.05, 3.63) is 66.6 Å². The van der Waals surface area contributed by atoms with Gasteiger partial charge in [0.25, 0.3) is 0 Å². The maximum atomic E-state index is 13.1. The molecule has 0 bridgehead atoms. The number of methoxy groups -OCH3 is 1. The Hall–Kier alpha value is -3.88. The fourth-order valence-corrected chi connectivity index (χ4v) is 3.39. The van der Waals surface area contributed by atoms with E-state index in [0.29, 0.717) is 29.6 Å². The number of rotatable bonds is 6. The maximum Gasteiger partial charge on any atom is 0.319 e. The predicted octanol–water partition coefficient (Wildman–Crippen LogP) is 3.77. The first kappa shape index (κ1) is 20.4. The van der Waals surface area contributed by atoms with Gasteiger partial charge in [0.15, 0.2) is 0 Å². The molecule has 1 aromatic heterocycles. The number of hydrogen-bond acceptors (Lipinski definition) is 6. The molecule has 8 nitrogen and oxygen atoms in total. The van der Waals surface area contributed by atoms with Crippen molar-refractivity contribution >= 4 is 29.2 Å². The first-order valence-corrected chi connectivity index (χ1v) is 9.91. The molecule has 31 heavy (non-hydrogen) atoms. The van der Waals surface area contributed by atoms with Crippen molar-refractivity contribution in [3.63, 3.8) is 0 Å². The van der Waals surface area contributed by atoms with Crippen LogP contribution in [-0.4, -0.2) is 42.2 Å². The lowest BCUT2D eigenvalue weighted by atomic mass is 10.2. The molecular weight excluding hydrogens is 399 g/mol. The molecule has 0 spiro atoms. The molecule has 1 unspecified atom stereocenters. The molecule has 3 aromatic rings. The zero-order chi connectivity index (χ0) is 21.6. The topological polar surface area (TPSA) is 91.4 Å². The molecule has 2 aromatic carbocycles. The lowest BCUT2D eigenvalue weighted by molar-refractivity contribution is 0.249. The van der Waals surface area contributed by atoms with Gasteiger partial charge in [-0.1, -0.05) is 6.07 Å². The zero-order valence-electron chi connectivity index (χ0n) is 17.0. The minimum absolute atomic E-state index is 0.00548. The first-order valence-electron chi connectivity index (χ1n) is 9.91. The number of carbonyl (C=O) groups is 1. The van der Waals surface area contributed by atoms with Gasteiger partial charge in [-0.3, -0.25) is 0 Å². The Morgan fingerprint density at radius 2 is 2.00 bits per heavy atom. The SMILES string of the molecule is COc1cccc(NC(=O)NC2CCN(c3ccnc(Nc4ccc(F)cc4)n3)C2)c1. The number of hydrogen-bond donors (Lipinski definition) is 3. The Bertz CT molecular complexity index is 1050.